The number of methoxy groups -OCH3 is 1. The third kappa shape index (κ3) is 4.80. The second kappa shape index (κ2) is 10.3. The summed E-state index contributed by atoms with van der Waals surface area (Å²) < 4.78 is 10.7. The molecular weight excluding hydrogens is 394 g/mol. The number of aliphatic hydroxyl groups is 1. The van der Waals surface area contributed by atoms with E-state index < -0.39 is 17.7 Å². The van der Waals surface area contributed by atoms with E-state index >= 15 is 0 Å². The van der Waals surface area contributed by atoms with Crippen molar-refractivity contribution in [1.29, 1.82) is 0 Å². The molecule has 0 radical (unpaired) electrons. The largest absolute Gasteiger partial charge is 0.507 e. The molecule has 0 aliphatic carbocycles. The van der Waals surface area contributed by atoms with Crippen molar-refractivity contribution < 1.29 is 24.2 Å². The molecule has 6 heteroatoms. The Morgan fingerprint density at radius 3 is 2.48 bits per heavy atom. The number of aryl methyl sites for hydroxylation is 1. The van der Waals surface area contributed by atoms with Gasteiger partial charge in [0.05, 0.1) is 18.2 Å². The van der Waals surface area contributed by atoms with Crippen LogP contribution < -0.4 is 4.74 Å². The molecule has 164 valence electrons. The van der Waals surface area contributed by atoms with E-state index in [0.29, 0.717) is 43.1 Å². The van der Waals surface area contributed by atoms with Gasteiger partial charge < -0.3 is 19.5 Å². The first-order valence-electron chi connectivity index (χ1n) is 10.6. The summed E-state index contributed by atoms with van der Waals surface area (Å²) in [5.41, 5.74) is 2.45. The van der Waals surface area contributed by atoms with Crippen LogP contribution >= 0.6 is 0 Å². The highest BCUT2D eigenvalue weighted by atomic mass is 16.5. The molecule has 31 heavy (non-hydrogen) atoms. The normalized spacial score (nSPS) is 17.9. The van der Waals surface area contributed by atoms with Gasteiger partial charge in [-0.2, -0.15) is 0 Å². The number of ketones is 1. The minimum absolute atomic E-state index is 0.0975. The highest BCUT2D eigenvalue weighted by Gasteiger charge is 2.45. The number of likely N-dealkylation sites (tertiary alicyclic amines) is 1. The van der Waals surface area contributed by atoms with Crippen molar-refractivity contribution in [1.82, 2.24) is 4.90 Å². The Kier molecular flexibility index (Phi) is 7.47. The topological polar surface area (TPSA) is 76.1 Å². The van der Waals surface area contributed by atoms with Gasteiger partial charge in [0.15, 0.2) is 0 Å². The van der Waals surface area contributed by atoms with E-state index in [9.17, 15) is 14.7 Å². The summed E-state index contributed by atoms with van der Waals surface area (Å²) in [6.07, 6.45) is 1.45. The lowest BCUT2D eigenvalue weighted by Gasteiger charge is -2.25. The smallest absolute Gasteiger partial charge is 0.295 e. The highest BCUT2D eigenvalue weighted by molar-refractivity contribution is 6.46. The monoisotopic (exact) mass is 423 g/mol. The van der Waals surface area contributed by atoms with Crippen LogP contribution in [0.15, 0.2) is 54.1 Å². The molecule has 2 aromatic rings. The lowest BCUT2D eigenvalue weighted by Crippen LogP contribution is -2.31. The second-order valence-electron chi connectivity index (χ2n) is 7.39. The van der Waals surface area contributed by atoms with Gasteiger partial charge in [0.1, 0.15) is 11.5 Å². The zero-order valence-electron chi connectivity index (χ0n) is 18.3. The van der Waals surface area contributed by atoms with Crippen LogP contribution in [0.1, 0.15) is 43.0 Å². The minimum Gasteiger partial charge on any atom is -0.507 e. The molecule has 0 saturated carbocycles. The summed E-state index contributed by atoms with van der Waals surface area (Å²) in [7, 11) is 1.59. The molecule has 1 amide bonds. The van der Waals surface area contributed by atoms with E-state index in [1.807, 2.05) is 50.2 Å². The van der Waals surface area contributed by atoms with Crippen LogP contribution in [0, 0.1) is 0 Å². The number of benzene rings is 2. The quantitative estimate of drug-likeness (QED) is 0.284. The number of nitrogens with zero attached hydrogens (tertiary/aromatic N) is 1. The van der Waals surface area contributed by atoms with E-state index in [0.717, 1.165) is 12.0 Å². The SMILES string of the molecule is CCOc1cccc(C2/C(=C(/O)c3ccc(CC)cc3)C(=O)C(=O)N2CCCOC)c1. The van der Waals surface area contributed by atoms with Gasteiger partial charge in [-0.25, -0.2) is 0 Å². The number of carbonyl (C=O) groups is 2. The number of rotatable bonds is 9. The van der Waals surface area contributed by atoms with Crippen molar-refractivity contribution >= 4 is 17.4 Å². The molecule has 1 unspecified atom stereocenters. The van der Waals surface area contributed by atoms with Crippen LogP contribution in [0.5, 0.6) is 5.75 Å². The molecule has 2 aromatic carbocycles. The molecule has 0 bridgehead atoms. The minimum atomic E-state index is -0.692. The van der Waals surface area contributed by atoms with Crippen LogP contribution in [0.2, 0.25) is 0 Å². The Bertz CT molecular complexity index is 964. The number of amides is 1. The van der Waals surface area contributed by atoms with Crippen molar-refractivity contribution in [2.24, 2.45) is 0 Å². The molecule has 1 aliphatic rings. The van der Waals surface area contributed by atoms with Crippen molar-refractivity contribution in [3.8, 4) is 5.75 Å². The predicted molar refractivity (Wildman–Crippen MR) is 119 cm³/mol. The predicted octanol–water partition coefficient (Wildman–Crippen LogP) is 4.11. The third-order valence-corrected chi connectivity index (χ3v) is 5.41. The average molecular weight is 424 g/mol. The zero-order valence-corrected chi connectivity index (χ0v) is 18.3. The maximum Gasteiger partial charge on any atom is 0.295 e. The van der Waals surface area contributed by atoms with Gasteiger partial charge in [-0.05, 0) is 43.0 Å². The van der Waals surface area contributed by atoms with Crippen molar-refractivity contribution in [3.63, 3.8) is 0 Å². The number of carbonyl (C=O) groups excluding carboxylic acids is 2. The Morgan fingerprint density at radius 1 is 1.10 bits per heavy atom. The Balaban J connectivity index is 2.10. The van der Waals surface area contributed by atoms with Gasteiger partial charge in [-0.1, -0.05) is 43.3 Å². The van der Waals surface area contributed by atoms with Crippen molar-refractivity contribution in [2.75, 3.05) is 26.9 Å². The van der Waals surface area contributed by atoms with E-state index in [1.165, 1.54) is 4.90 Å². The van der Waals surface area contributed by atoms with E-state index in [-0.39, 0.29) is 11.3 Å². The molecule has 3 rings (SSSR count). The fourth-order valence-corrected chi connectivity index (χ4v) is 3.83. The molecule has 1 saturated heterocycles. The van der Waals surface area contributed by atoms with Crippen LogP contribution in [-0.2, 0) is 20.7 Å². The maximum atomic E-state index is 13.0. The van der Waals surface area contributed by atoms with Gasteiger partial charge >= 0.3 is 0 Å². The van der Waals surface area contributed by atoms with Gasteiger partial charge in [0, 0.05) is 25.8 Å². The Hall–Kier alpha value is -3.12. The first-order chi connectivity index (χ1) is 15.0. The third-order valence-electron chi connectivity index (χ3n) is 5.41. The Labute approximate surface area is 183 Å². The molecule has 0 spiro atoms. The number of Topliss-reactive ketones (excluding diaryl/α,β-unsaturated/α-hetero) is 1. The van der Waals surface area contributed by atoms with Crippen LogP contribution in [0.4, 0.5) is 0 Å². The standard InChI is InChI=1S/C25H29NO5/c1-4-17-10-12-18(13-11-17)23(27)21-22(19-8-6-9-20(16-19)31-5-2)26(14-7-15-30-3)25(29)24(21)28/h6,8-13,16,22,27H,4-5,7,14-15H2,1-3H3/b23-21-. The molecule has 0 aromatic heterocycles. The first-order valence-corrected chi connectivity index (χ1v) is 10.6. The maximum absolute atomic E-state index is 13.0. The van der Waals surface area contributed by atoms with Crippen molar-refractivity contribution in [2.45, 2.75) is 32.7 Å². The van der Waals surface area contributed by atoms with E-state index in [4.69, 9.17) is 9.47 Å². The summed E-state index contributed by atoms with van der Waals surface area (Å²) in [4.78, 5) is 27.4. The summed E-state index contributed by atoms with van der Waals surface area (Å²) in [6.45, 7) is 5.25. The summed E-state index contributed by atoms with van der Waals surface area (Å²) in [5, 5.41) is 11.1. The molecule has 1 atom stereocenters. The number of aliphatic hydroxyl groups excluding tert-OH is 1. The second-order valence-corrected chi connectivity index (χ2v) is 7.39. The first kappa shape index (κ1) is 22.6. The van der Waals surface area contributed by atoms with Gasteiger partial charge in [0.2, 0.25) is 0 Å². The summed E-state index contributed by atoms with van der Waals surface area (Å²) >= 11 is 0. The number of ether oxygens (including phenoxy) is 2. The lowest BCUT2D eigenvalue weighted by molar-refractivity contribution is -0.140. The fraction of sp³-hybridized carbons (Fsp3) is 0.360. The fourth-order valence-electron chi connectivity index (χ4n) is 3.83. The number of hydrogen-bond donors (Lipinski definition) is 1. The van der Waals surface area contributed by atoms with E-state index in [2.05, 4.69) is 0 Å². The molecule has 1 heterocycles. The average Bonchev–Trinajstić information content (AvgIpc) is 3.04. The Morgan fingerprint density at radius 2 is 1.84 bits per heavy atom. The lowest BCUT2D eigenvalue weighted by atomic mass is 9.94. The molecule has 6 nitrogen and oxygen atoms in total. The van der Waals surface area contributed by atoms with E-state index in [1.54, 1.807) is 19.2 Å². The van der Waals surface area contributed by atoms with Crippen LogP contribution in [-0.4, -0.2) is 48.6 Å². The molecular formula is C25H29NO5. The van der Waals surface area contributed by atoms with Gasteiger partial charge in [0.25, 0.3) is 11.7 Å². The van der Waals surface area contributed by atoms with Gasteiger partial charge in [-0.3, -0.25) is 9.59 Å². The summed E-state index contributed by atoms with van der Waals surface area (Å²) in [5.74, 6) is -0.812. The molecule has 1 aliphatic heterocycles. The van der Waals surface area contributed by atoms with Crippen LogP contribution in [0.3, 0.4) is 0 Å². The summed E-state index contributed by atoms with van der Waals surface area (Å²) in [6, 6.07) is 14.0. The van der Waals surface area contributed by atoms with Crippen LogP contribution in [0.25, 0.3) is 5.76 Å². The highest BCUT2D eigenvalue weighted by Crippen LogP contribution is 2.40. The zero-order chi connectivity index (χ0) is 22.4. The number of hydrogen-bond acceptors (Lipinski definition) is 5. The molecule has 1 N–H and O–H groups in total. The van der Waals surface area contributed by atoms with Gasteiger partial charge in [-0.15, -0.1) is 0 Å². The van der Waals surface area contributed by atoms with Crippen molar-refractivity contribution in [3.05, 3.63) is 70.8 Å². The molecule has 1 fully saturated rings.